The second kappa shape index (κ2) is 5.61. The average molecular weight is 230 g/mol. The van der Waals surface area contributed by atoms with Crippen molar-refractivity contribution in [2.75, 3.05) is 13.1 Å². The van der Waals surface area contributed by atoms with Crippen LogP contribution in [0.25, 0.3) is 11.3 Å². The van der Waals surface area contributed by atoms with Gasteiger partial charge >= 0.3 is 0 Å². The first-order valence-electron chi connectivity index (χ1n) is 5.77. The average Bonchev–Trinajstić information content (AvgIpc) is 2.77. The number of nitrogens with one attached hydrogen (secondary N) is 1. The molecule has 0 unspecified atom stereocenters. The minimum atomic E-state index is 0.667. The summed E-state index contributed by atoms with van der Waals surface area (Å²) >= 11 is 0. The SMILES string of the molecule is Cn1cnc(-c2cccc(CNCCN)c2)c1. The summed E-state index contributed by atoms with van der Waals surface area (Å²) in [5, 5.41) is 3.28. The van der Waals surface area contributed by atoms with Crippen molar-refractivity contribution < 1.29 is 0 Å². The highest BCUT2D eigenvalue weighted by Crippen LogP contribution is 2.17. The lowest BCUT2D eigenvalue weighted by molar-refractivity contribution is 0.695. The summed E-state index contributed by atoms with van der Waals surface area (Å²) < 4.78 is 1.95. The second-order valence-corrected chi connectivity index (χ2v) is 4.09. The Hall–Kier alpha value is -1.65. The summed E-state index contributed by atoms with van der Waals surface area (Å²) in [7, 11) is 1.98. The molecule has 0 spiro atoms. The lowest BCUT2D eigenvalue weighted by Gasteiger charge is -2.04. The second-order valence-electron chi connectivity index (χ2n) is 4.09. The van der Waals surface area contributed by atoms with Crippen LogP contribution in [-0.2, 0) is 13.6 Å². The maximum atomic E-state index is 5.44. The van der Waals surface area contributed by atoms with Gasteiger partial charge in [0.05, 0.1) is 12.0 Å². The first kappa shape index (κ1) is 11.8. The van der Waals surface area contributed by atoms with Gasteiger partial charge in [-0.3, -0.25) is 0 Å². The van der Waals surface area contributed by atoms with Gasteiger partial charge in [0, 0.05) is 38.4 Å². The number of hydrogen-bond donors (Lipinski definition) is 2. The van der Waals surface area contributed by atoms with Crippen LogP contribution < -0.4 is 11.1 Å². The third-order valence-electron chi connectivity index (χ3n) is 2.58. The standard InChI is InChI=1S/C13H18N4/c1-17-9-13(16-10-17)12-4-2-3-11(7-12)8-15-6-5-14/h2-4,7,9-10,15H,5-6,8,14H2,1H3. The molecule has 1 aromatic carbocycles. The van der Waals surface area contributed by atoms with Gasteiger partial charge in [-0.25, -0.2) is 4.98 Å². The van der Waals surface area contributed by atoms with E-state index < -0.39 is 0 Å². The normalized spacial score (nSPS) is 10.7. The van der Waals surface area contributed by atoms with E-state index >= 15 is 0 Å². The van der Waals surface area contributed by atoms with Crippen LogP contribution in [0.4, 0.5) is 0 Å². The molecule has 0 aliphatic carbocycles. The third kappa shape index (κ3) is 3.15. The fourth-order valence-electron chi connectivity index (χ4n) is 1.74. The molecule has 0 atom stereocenters. The van der Waals surface area contributed by atoms with E-state index in [0.29, 0.717) is 6.54 Å². The molecule has 0 saturated heterocycles. The summed E-state index contributed by atoms with van der Waals surface area (Å²) in [5.74, 6) is 0. The first-order chi connectivity index (χ1) is 8.29. The Morgan fingerprint density at radius 1 is 1.41 bits per heavy atom. The monoisotopic (exact) mass is 230 g/mol. The highest BCUT2D eigenvalue weighted by molar-refractivity contribution is 5.59. The Labute approximate surface area is 101 Å². The zero-order valence-electron chi connectivity index (χ0n) is 10.1. The molecule has 0 fully saturated rings. The summed E-state index contributed by atoms with van der Waals surface area (Å²) in [4.78, 5) is 4.35. The van der Waals surface area contributed by atoms with Gasteiger partial charge in [-0.2, -0.15) is 0 Å². The fraction of sp³-hybridized carbons (Fsp3) is 0.308. The molecule has 17 heavy (non-hydrogen) atoms. The zero-order chi connectivity index (χ0) is 12.1. The summed E-state index contributed by atoms with van der Waals surface area (Å²) in [6.07, 6.45) is 3.83. The minimum Gasteiger partial charge on any atom is -0.340 e. The fourth-order valence-corrected chi connectivity index (χ4v) is 1.74. The van der Waals surface area contributed by atoms with Crippen molar-refractivity contribution in [3.05, 3.63) is 42.4 Å². The molecule has 0 aliphatic heterocycles. The molecule has 2 rings (SSSR count). The quantitative estimate of drug-likeness (QED) is 0.757. The van der Waals surface area contributed by atoms with Gasteiger partial charge in [-0.15, -0.1) is 0 Å². The van der Waals surface area contributed by atoms with Gasteiger partial charge in [-0.1, -0.05) is 18.2 Å². The van der Waals surface area contributed by atoms with Gasteiger partial charge in [0.25, 0.3) is 0 Å². The largest absolute Gasteiger partial charge is 0.340 e. The highest BCUT2D eigenvalue weighted by atomic mass is 15.0. The van der Waals surface area contributed by atoms with E-state index in [1.54, 1.807) is 0 Å². The van der Waals surface area contributed by atoms with E-state index in [0.717, 1.165) is 24.3 Å². The van der Waals surface area contributed by atoms with E-state index in [4.69, 9.17) is 5.73 Å². The predicted octanol–water partition coefficient (Wildman–Crippen LogP) is 1.14. The Morgan fingerprint density at radius 2 is 2.29 bits per heavy atom. The molecule has 0 saturated carbocycles. The number of aryl methyl sites for hydroxylation is 1. The van der Waals surface area contributed by atoms with E-state index in [2.05, 4.69) is 34.6 Å². The molecule has 90 valence electrons. The third-order valence-corrected chi connectivity index (χ3v) is 2.58. The molecule has 2 aromatic rings. The van der Waals surface area contributed by atoms with Crippen LogP contribution in [0.15, 0.2) is 36.8 Å². The number of hydrogen-bond acceptors (Lipinski definition) is 3. The molecular weight excluding hydrogens is 212 g/mol. The van der Waals surface area contributed by atoms with Gasteiger partial charge in [0.2, 0.25) is 0 Å². The lowest BCUT2D eigenvalue weighted by Crippen LogP contribution is -2.21. The van der Waals surface area contributed by atoms with Gasteiger partial charge < -0.3 is 15.6 Å². The number of nitrogens with two attached hydrogens (primary N) is 1. The number of aromatic nitrogens is 2. The Morgan fingerprint density at radius 3 is 3.00 bits per heavy atom. The smallest absolute Gasteiger partial charge is 0.0951 e. The Kier molecular flexibility index (Phi) is 3.90. The van der Waals surface area contributed by atoms with Crippen molar-refractivity contribution in [3.8, 4) is 11.3 Å². The van der Waals surface area contributed by atoms with Crippen molar-refractivity contribution >= 4 is 0 Å². The number of imidazole rings is 1. The molecule has 1 heterocycles. The maximum Gasteiger partial charge on any atom is 0.0951 e. The molecule has 0 amide bonds. The number of nitrogens with zero attached hydrogens (tertiary/aromatic N) is 2. The minimum absolute atomic E-state index is 0.667. The van der Waals surface area contributed by atoms with Crippen LogP contribution in [-0.4, -0.2) is 22.6 Å². The lowest BCUT2D eigenvalue weighted by atomic mass is 10.1. The Bertz CT molecular complexity index is 476. The summed E-state index contributed by atoms with van der Waals surface area (Å²) in [6, 6.07) is 8.40. The molecule has 4 heteroatoms. The molecular formula is C13H18N4. The van der Waals surface area contributed by atoms with Crippen molar-refractivity contribution in [2.45, 2.75) is 6.54 Å². The van der Waals surface area contributed by atoms with Crippen molar-refractivity contribution in [3.63, 3.8) is 0 Å². The van der Waals surface area contributed by atoms with Crippen molar-refractivity contribution in [2.24, 2.45) is 12.8 Å². The van der Waals surface area contributed by atoms with E-state index in [9.17, 15) is 0 Å². The summed E-state index contributed by atoms with van der Waals surface area (Å²) in [6.45, 7) is 2.35. The molecule has 1 aromatic heterocycles. The maximum absolute atomic E-state index is 5.44. The van der Waals surface area contributed by atoms with Gasteiger partial charge in [0.1, 0.15) is 0 Å². The van der Waals surface area contributed by atoms with Gasteiger partial charge in [0.15, 0.2) is 0 Å². The van der Waals surface area contributed by atoms with Crippen LogP contribution in [0.2, 0.25) is 0 Å². The van der Waals surface area contributed by atoms with E-state index in [-0.39, 0.29) is 0 Å². The number of rotatable bonds is 5. The van der Waals surface area contributed by atoms with E-state index in [1.165, 1.54) is 5.56 Å². The summed E-state index contributed by atoms with van der Waals surface area (Å²) in [5.41, 5.74) is 8.85. The number of benzene rings is 1. The van der Waals surface area contributed by atoms with Crippen LogP contribution >= 0.6 is 0 Å². The topological polar surface area (TPSA) is 55.9 Å². The van der Waals surface area contributed by atoms with Crippen molar-refractivity contribution in [1.82, 2.24) is 14.9 Å². The van der Waals surface area contributed by atoms with Crippen LogP contribution in [0.1, 0.15) is 5.56 Å². The van der Waals surface area contributed by atoms with Crippen LogP contribution in [0.3, 0.4) is 0 Å². The Balaban J connectivity index is 2.11. The van der Waals surface area contributed by atoms with Gasteiger partial charge in [-0.05, 0) is 11.6 Å². The first-order valence-corrected chi connectivity index (χ1v) is 5.77. The molecule has 0 bridgehead atoms. The zero-order valence-corrected chi connectivity index (χ0v) is 10.1. The highest BCUT2D eigenvalue weighted by Gasteiger charge is 2.01. The molecule has 4 nitrogen and oxygen atoms in total. The molecule has 0 aliphatic rings. The molecule has 0 radical (unpaired) electrons. The van der Waals surface area contributed by atoms with Crippen molar-refractivity contribution in [1.29, 1.82) is 0 Å². The van der Waals surface area contributed by atoms with E-state index in [1.807, 2.05) is 24.1 Å². The predicted molar refractivity (Wildman–Crippen MR) is 69.4 cm³/mol. The van der Waals surface area contributed by atoms with Crippen LogP contribution in [0, 0.1) is 0 Å². The molecule has 3 N–H and O–H groups in total. The van der Waals surface area contributed by atoms with Crippen LogP contribution in [0.5, 0.6) is 0 Å².